The standard InChI is InChI=1S/C23H30N4O4/c1-23(2,3)31-18-13-27(14-18)20(28)10-15-7-6-8-16(9-15)17-11-19(25-22(30)24-4)21(29)26(5)12-17/h6-9,11-12,18H,10,13-14H2,1-5H3,(H2,24,25,30). The molecule has 2 heterocycles. The van der Waals surface area contributed by atoms with E-state index in [0.717, 1.165) is 16.7 Å². The van der Waals surface area contributed by atoms with Crippen LogP contribution >= 0.6 is 0 Å². The van der Waals surface area contributed by atoms with Crippen molar-refractivity contribution in [2.75, 3.05) is 25.5 Å². The van der Waals surface area contributed by atoms with Gasteiger partial charge in [-0.2, -0.15) is 0 Å². The van der Waals surface area contributed by atoms with Gasteiger partial charge in [0.15, 0.2) is 0 Å². The minimum atomic E-state index is -0.461. The maximum absolute atomic E-state index is 12.6. The fourth-order valence-electron chi connectivity index (χ4n) is 3.51. The summed E-state index contributed by atoms with van der Waals surface area (Å²) in [6.45, 7) is 7.27. The van der Waals surface area contributed by atoms with Gasteiger partial charge in [0, 0.05) is 38.9 Å². The molecule has 8 heteroatoms. The Morgan fingerprint density at radius 2 is 1.87 bits per heavy atom. The summed E-state index contributed by atoms with van der Waals surface area (Å²) in [7, 11) is 3.12. The highest BCUT2D eigenvalue weighted by Gasteiger charge is 2.33. The van der Waals surface area contributed by atoms with E-state index in [0.29, 0.717) is 19.5 Å². The fourth-order valence-corrected chi connectivity index (χ4v) is 3.51. The van der Waals surface area contributed by atoms with Crippen molar-refractivity contribution in [1.29, 1.82) is 0 Å². The molecule has 1 aromatic heterocycles. The van der Waals surface area contributed by atoms with Crippen molar-refractivity contribution in [3.8, 4) is 11.1 Å². The second-order valence-corrected chi connectivity index (χ2v) is 8.79. The predicted molar refractivity (Wildman–Crippen MR) is 120 cm³/mol. The average Bonchev–Trinajstić information content (AvgIpc) is 2.67. The number of carbonyl (C=O) groups excluding carboxylic acids is 2. The highest BCUT2D eigenvalue weighted by molar-refractivity contribution is 5.89. The van der Waals surface area contributed by atoms with Gasteiger partial charge in [0.2, 0.25) is 5.91 Å². The summed E-state index contributed by atoms with van der Waals surface area (Å²) in [5.74, 6) is 0.0633. The third-order valence-electron chi connectivity index (χ3n) is 5.00. The van der Waals surface area contributed by atoms with Crippen LogP contribution in [0.25, 0.3) is 11.1 Å². The smallest absolute Gasteiger partial charge is 0.319 e. The monoisotopic (exact) mass is 426 g/mol. The van der Waals surface area contributed by atoms with Crippen LogP contribution in [-0.2, 0) is 23.0 Å². The molecule has 3 amide bonds. The van der Waals surface area contributed by atoms with Gasteiger partial charge in [0.1, 0.15) is 5.69 Å². The van der Waals surface area contributed by atoms with Crippen LogP contribution in [0.2, 0.25) is 0 Å². The molecule has 0 spiro atoms. The number of urea groups is 1. The Bertz CT molecular complexity index is 1030. The number of hydrogen-bond acceptors (Lipinski definition) is 4. The van der Waals surface area contributed by atoms with Gasteiger partial charge in [0.05, 0.1) is 18.1 Å². The molecule has 0 bridgehead atoms. The molecule has 1 aliphatic rings. The Hall–Kier alpha value is -3.13. The molecular weight excluding hydrogens is 396 g/mol. The summed E-state index contributed by atoms with van der Waals surface area (Å²) in [6, 6.07) is 8.82. The molecule has 3 rings (SSSR count). The molecule has 0 saturated carbocycles. The average molecular weight is 427 g/mol. The van der Waals surface area contributed by atoms with Crippen LogP contribution in [0, 0.1) is 0 Å². The summed E-state index contributed by atoms with van der Waals surface area (Å²) < 4.78 is 7.32. The van der Waals surface area contributed by atoms with Crippen LogP contribution < -0.4 is 16.2 Å². The van der Waals surface area contributed by atoms with Crippen molar-refractivity contribution in [3.05, 3.63) is 52.4 Å². The number of anilines is 1. The van der Waals surface area contributed by atoms with Crippen molar-refractivity contribution in [1.82, 2.24) is 14.8 Å². The maximum atomic E-state index is 12.6. The van der Waals surface area contributed by atoms with Crippen LogP contribution in [0.1, 0.15) is 26.3 Å². The third-order valence-corrected chi connectivity index (χ3v) is 5.00. The topological polar surface area (TPSA) is 92.7 Å². The van der Waals surface area contributed by atoms with Gasteiger partial charge in [-0.15, -0.1) is 0 Å². The molecule has 1 fully saturated rings. The molecule has 1 saturated heterocycles. The first-order valence-corrected chi connectivity index (χ1v) is 10.3. The first kappa shape index (κ1) is 22.6. The van der Waals surface area contributed by atoms with Gasteiger partial charge in [-0.3, -0.25) is 9.59 Å². The molecule has 8 nitrogen and oxygen atoms in total. The number of hydrogen-bond donors (Lipinski definition) is 2. The van der Waals surface area contributed by atoms with E-state index < -0.39 is 6.03 Å². The zero-order valence-corrected chi connectivity index (χ0v) is 18.7. The molecule has 0 atom stereocenters. The molecule has 2 N–H and O–H groups in total. The lowest BCUT2D eigenvalue weighted by atomic mass is 10.0. The molecule has 0 unspecified atom stereocenters. The number of amides is 3. The minimum Gasteiger partial charge on any atom is -0.369 e. The number of pyridine rings is 1. The van der Waals surface area contributed by atoms with E-state index in [1.54, 1.807) is 24.2 Å². The highest BCUT2D eigenvalue weighted by Crippen LogP contribution is 2.24. The SMILES string of the molecule is CNC(=O)Nc1cc(-c2cccc(CC(=O)N3CC(OC(C)(C)C)C3)c2)cn(C)c1=O. The van der Waals surface area contributed by atoms with Crippen LogP contribution in [0.4, 0.5) is 10.5 Å². The fraction of sp³-hybridized carbons (Fsp3) is 0.435. The van der Waals surface area contributed by atoms with Crippen LogP contribution in [0.15, 0.2) is 41.3 Å². The molecule has 2 aromatic rings. The second kappa shape index (κ2) is 8.93. The minimum absolute atomic E-state index is 0.0633. The number of aromatic nitrogens is 1. The first-order valence-electron chi connectivity index (χ1n) is 10.3. The van der Waals surface area contributed by atoms with E-state index in [9.17, 15) is 14.4 Å². The van der Waals surface area contributed by atoms with Crippen molar-refractivity contribution < 1.29 is 14.3 Å². The zero-order valence-electron chi connectivity index (χ0n) is 18.7. The molecule has 0 aliphatic carbocycles. The Labute approximate surface area is 182 Å². The van der Waals surface area contributed by atoms with E-state index in [1.807, 2.05) is 45.0 Å². The molecular formula is C23H30N4O4. The van der Waals surface area contributed by atoms with Gasteiger partial charge >= 0.3 is 6.03 Å². The summed E-state index contributed by atoms with van der Waals surface area (Å²) in [4.78, 5) is 38.4. The Balaban J connectivity index is 1.72. The lowest BCUT2D eigenvalue weighted by Gasteiger charge is -2.42. The summed E-state index contributed by atoms with van der Waals surface area (Å²) >= 11 is 0. The number of aryl methyl sites for hydroxylation is 1. The van der Waals surface area contributed by atoms with E-state index in [2.05, 4.69) is 10.6 Å². The van der Waals surface area contributed by atoms with Crippen LogP contribution in [-0.4, -0.2) is 53.2 Å². The Morgan fingerprint density at radius 1 is 1.16 bits per heavy atom. The summed E-state index contributed by atoms with van der Waals surface area (Å²) in [6.07, 6.45) is 2.10. The molecule has 1 aliphatic heterocycles. The molecule has 31 heavy (non-hydrogen) atoms. The van der Waals surface area contributed by atoms with Crippen LogP contribution in [0.3, 0.4) is 0 Å². The van der Waals surface area contributed by atoms with E-state index in [-0.39, 0.29) is 28.9 Å². The largest absolute Gasteiger partial charge is 0.369 e. The van der Waals surface area contributed by atoms with Gasteiger partial charge in [-0.1, -0.05) is 24.3 Å². The number of carbonyl (C=O) groups is 2. The maximum Gasteiger partial charge on any atom is 0.319 e. The van der Waals surface area contributed by atoms with Crippen LogP contribution in [0.5, 0.6) is 0 Å². The van der Waals surface area contributed by atoms with Gasteiger partial charge in [0.25, 0.3) is 5.56 Å². The highest BCUT2D eigenvalue weighted by atomic mass is 16.5. The quantitative estimate of drug-likeness (QED) is 0.768. The van der Waals surface area contributed by atoms with Crippen molar-refractivity contribution >= 4 is 17.6 Å². The van der Waals surface area contributed by atoms with E-state index in [4.69, 9.17) is 4.74 Å². The summed E-state index contributed by atoms with van der Waals surface area (Å²) in [5.41, 5.74) is 2.19. The number of rotatable bonds is 5. The Morgan fingerprint density at radius 3 is 2.52 bits per heavy atom. The number of likely N-dealkylation sites (tertiary alicyclic amines) is 1. The molecule has 1 aromatic carbocycles. The number of nitrogens with one attached hydrogen (secondary N) is 2. The third kappa shape index (κ3) is 5.73. The molecule has 0 radical (unpaired) electrons. The lowest BCUT2D eigenvalue weighted by Crippen LogP contribution is -2.56. The van der Waals surface area contributed by atoms with Gasteiger partial charge < -0.3 is 24.8 Å². The van der Waals surface area contributed by atoms with Crippen molar-refractivity contribution in [2.45, 2.75) is 38.9 Å². The normalized spacial score (nSPS) is 14.2. The lowest BCUT2D eigenvalue weighted by molar-refractivity contribution is -0.156. The van der Waals surface area contributed by atoms with Crippen molar-refractivity contribution in [2.24, 2.45) is 7.05 Å². The van der Waals surface area contributed by atoms with Crippen molar-refractivity contribution in [3.63, 3.8) is 0 Å². The summed E-state index contributed by atoms with van der Waals surface area (Å²) in [5, 5.41) is 4.99. The van der Waals surface area contributed by atoms with Gasteiger partial charge in [-0.25, -0.2) is 4.79 Å². The second-order valence-electron chi connectivity index (χ2n) is 8.79. The number of nitrogens with zero attached hydrogens (tertiary/aromatic N) is 2. The zero-order chi connectivity index (χ0) is 22.8. The number of benzene rings is 1. The van der Waals surface area contributed by atoms with Gasteiger partial charge in [-0.05, 0) is 38.0 Å². The first-order chi connectivity index (χ1) is 14.6. The molecule has 166 valence electrons. The Kier molecular flexibility index (Phi) is 6.50. The number of ether oxygens (including phenoxy) is 1. The predicted octanol–water partition coefficient (Wildman–Crippen LogP) is 2.37. The van der Waals surface area contributed by atoms with E-state index in [1.165, 1.54) is 11.6 Å². The van der Waals surface area contributed by atoms with E-state index >= 15 is 0 Å².